The van der Waals surface area contributed by atoms with E-state index in [1.165, 1.54) is 0 Å². The molecule has 0 radical (unpaired) electrons. The lowest BCUT2D eigenvalue weighted by Crippen LogP contribution is -2.29. The number of para-hydroxylation sites is 1. The zero-order chi connectivity index (χ0) is 19.2. The Hall–Kier alpha value is -2.67. The van der Waals surface area contributed by atoms with Crippen molar-refractivity contribution in [2.24, 2.45) is 0 Å². The number of rotatable bonds is 7. The standard InChI is InChI=1S/C20H26N4O3/c1-14-8-3-4-9-15(14)22-19(25)17-16-10-5-6-12-24(16)18(23-17)20(26)21-11-7-13-27-2/h3-4,8-9H,5-7,10-13H2,1-2H3,(H,21,26)(H,22,25). The van der Waals surface area contributed by atoms with Crippen molar-refractivity contribution in [2.75, 3.05) is 25.6 Å². The SMILES string of the molecule is COCCCNC(=O)c1nc(C(=O)Nc2ccccc2C)c2n1CCCC2. The van der Waals surface area contributed by atoms with Gasteiger partial charge in [0.2, 0.25) is 0 Å². The van der Waals surface area contributed by atoms with E-state index in [1.54, 1.807) is 7.11 Å². The number of methoxy groups -OCH3 is 1. The third-order valence-electron chi connectivity index (χ3n) is 4.74. The van der Waals surface area contributed by atoms with Gasteiger partial charge in [-0.25, -0.2) is 4.98 Å². The second-order valence-electron chi connectivity index (χ2n) is 6.71. The van der Waals surface area contributed by atoms with Gasteiger partial charge in [-0.05, 0) is 44.2 Å². The van der Waals surface area contributed by atoms with Crippen LogP contribution >= 0.6 is 0 Å². The summed E-state index contributed by atoms with van der Waals surface area (Å²) in [5, 5.41) is 5.79. The number of carbonyl (C=O) groups excluding carboxylic acids is 2. The lowest BCUT2D eigenvalue weighted by Gasteiger charge is -2.17. The zero-order valence-electron chi connectivity index (χ0n) is 15.9. The van der Waals surface area contributed by atoms with Crippen molar-refractivity contribution in [1.29, 1.82) is 0 Å². The van der Waals surface area contributed by atoms with Crippen LogP contribution in [0.4, 0.5) is 5.69 Å². The van der Waals surface area contributed by atoms with Gasteiger partial charge in [0.1, 0.15) is 0 Å². The highest BCUT2D eigenvalue weighted by Crippen LogP contribution is 2.23. The van der Waals surface area contributed by atoms with Crippen LogP contribution in [0.2, 0.25) is 0 Å². The minimum Gasteiger partial charge on any atom is -0.385 e. The van der Waals surface area contributed by atoms with E-state index >= 15 is 0 Å². The topological polar surface area (TPSA) is 85.2 Å². The minimum atomic E-state index is -0.270. The molecule has 2 aromatic rings. The van der Waals surface area contributed by atoms with Crippen LogP contribution in [0.15, 0.2) is 24.3 Å². The fourth-order valence-corrected chi connectivity index (χ4v) is 3.29. The van der Waals surface area contributed by atoms with Crippen LogP contribution in [0.3, 0.4) is 0 Å². The predicted molar refractivity (Wildman–Crippen MR) is 103 cm³/mol. The maximum atomic E-state index is 12.8. The molecule has 0 unspecified atom stereocenters. The summed E-state index contributed by atoms with van der Waals surface area (Å²) in [4.78, 5) is 29.8. The van der Waals surface area contributed by atoms with Gasteiger partial charge in [-0.2, -0.15) is 0 Å². The summed E-state index contributed by atoms with van der Waals surface area (Å²) >= 11 is 0. The van der Waals surface area contributed by atoms with Crippen LogP contribution in [0.5, 0.6) is 0 Å². The predicted octanol–water partition coefficient (Wildman–Crippen LogP) is 2.55. The van der Waals surface area contributed by atoms with Gasteiger partial charge in [0, 0.05) is 32.5 Å². The Morgan fingerprint density at radius 3 is 2.81 bits per heavy atom. The van der Waals surface area contributed by atoms with Crippen molar-refractivity contribution in [3.63, 3.8) is 0 Å². The molecule has 0 atom stereocenters. The molecule has 0 fully saturated rings. The first-order chi connectivity index (χ1) is 13.1. The Balaban J connectivity index is 1.81. The summed E-state index contributed by atoms with van der Waals surface area (Å²) in [5.74, 6) is -0.199. The molecule has 1 aromatic carbocycles. The van der Waals surface area contributed by atoms with Crippen molar-refractivity contribution in [2.45, 2.75) is 39.2 Å². The van der Waals surface area contributed by atoms with Crippen molar-refractivity contribution in [3.05, 3.63) is 47.0 Å². The summed E-state index contributed by atoms with van der Waals surface area (Å²) < 4.78 is 6.89. The number of nitrogens with zero attached hydrogens (tertiary/aromatic N) is 2. The number of hydrogen-bond acceptors (Lipinski definition) is 4. The van der Waals surface area contributed by atoms with E-state index in [9.17, 15) is 9.59 Å². The molecule has 2 N–H and O–H groups in total. The number of imidazole rings is 1. The molecule has 1 aliphatic rings. The number of aryl methyl sites for hydroxylation is 1. The molecular formula is C20H26N4O3. The molecule has 0 aliphatic carbocycles. The summed E-state index contributed by atoms with van der Waals surface area (Å²) in [6.45, 7) is 3.75. The van der Waals surface area contributed by atoms with Gasteiger partial charge in [0.05, 0.1) is 5.69 Å². The van der Waals surface area contributed by atoms with Crippen LogP contribution in [0, 0.1) is 6.92 Å². The zero-order valence-corrected chi connectivity index (χ0v) is 15.9. The highest BCUT2D eigenvalue weighted by atomic mass is 16.5. The number of fused-ring (bicyclic) bond motifs is 1. The van der Waals surface area contributed by atoms with E-state index in [2.05, 4.69) is 15.6 Å². The summed E-state index contributed by atoms with van der Waals surface area (Å²) in [6, 6.07) is 7.61. The van der Waals surface area contributed by atoms with E-state index in [4.69, 9.17) is 4.74 Å². The molecule has 27 heavy (non-hydrogen) atoms. The lowest BCUT2D eigenvalue weighted by molar-refractivity contribution is 0.0932. The van der Waals surface area contributed by atoms with Crippen LogP contribution < -0.4 is 10.6 Å². The number of aromatic nitrogens is 2. The van der Waals surface area contributed by atoms with Gasteiger partial charge in [0.25, 0.3) is 11.8 Å². The molecule has 2 heterocycles. The summed E-state index contributed by atoms with van der Waals surface area (Å²) in [5.41, 5.74) is 2.93. The van der Waals surface area contributed by atoms with Gasteiger partial charge in [-0.1, -0.05) is 18.2 Å². The molecule has 0 saturated carbocycles. The fraction of sp³-hybridized carbons (Fsp3) is 0.450. The first-order valence-electron chi connectivity index (χ1n) is 9.35. The number of anilines is 1. The number of benzene rings is 1. The summed E-state index contributed by atoms with van der Waals surface area (Å²) in [6.07, 6.45) is 3.45. The molecule has 0 saturated heterocycles. The summed E-state index contributed by atoms with van der Waals surface area (Å²) in [7, 11) is 1.63. The van der Waals surface area contributed by atoms with Gasteiger partial charge < -0.3 is 19.9 Å². The number of nitrogens with one attached hydrogen (secondary N) is 2. The van der Waals surface area contributed by atoms with E-state index in [1.807, 2.05) is 35.8 Å². The number of ether oxygens (including phenoxy) is 1. The molecule has 7 nitrogen and oxygen atoms in total. The van der Waals surface area contributed by atoms with Gasteiger partial charge in [-0.3, -0.25) is 9.59 Å². The van der Waals surface area contributed by atoms with Gasteiger partial charge >= 0.3 is 0 Å². The highest BCUT2D eigenvalue weighted by molar-refractivity contribution is 6.05. The normalized spacial score (nSPS) is 13.1. The lowest BCUT2D eigenvalue weighted by atomic mass is 10.1. The molecule has 7 heteroatoms. The second-order valence-corrected chi connectivity index (χ2v) is 6.71. The number of amides is 2. The van der Waals surface area contributed by atoms with Crippen molar-refractivity contribution in [3.8, 4) is 0 Å². The van der Waals surface area contributed by atoms with E-state index in [-0.39, 0.29) is 11.8 Å². The van der Waals surface area contributed by atoms with Gasteiger partial charge in [-0.15, -0.1) is 0 Å². The first kappa shape index (κ1) is 19.1. The molecular weight excluding hydrogens is 344 g/mol. The van der Waals surface area contributed by atoms with Crippen molar-refractivity contribution >= 4 is 17.5 Å². The average Bonchev–Trinajstić information content (AvgIpc) is 3.07. The number of carbonyl (C=O) groups is 2. The molecule has 1 aromatic heterocycles. The quantitative estimate of drug-likeness (QED) is 0.734. The highest BCUT2D eigenvalue weighted by Gasteiger charge is 2.27. The Morgan fingerprint density at radius 1 is 1.22 bits per heavy atom. The van der Waals surface area contributed by atoms with Crippen LogP contribution in [-0.2, 0) is 17.7 Å². The molecule has 0 bridgehead atoms. The molecule has 1 aliphatic heterocycles. The van der Waals surface area contributed by atoms with E-state index in [0.29, 0.717) is 31.2 Å². The Labute approximate surface area is 159 Å². The number of hydrogen-bond donors (Lipinski definition) is 2. The first-order valence-corrected chi connectivity index (χ1v) is 9.35. The monoisotopic (exact) mass is 370 g/mol. The maximum absolute atomic E-state index is 12.8. The molecule has 3 rings (SSSR count). The largest absolute Gasteiger partial charge is 0.385 e. The van der Waals surface area contributed by atoms with E-state index < -0.39 is 0 Å². The fourth-order valence-electron chi connectivity index (χ4n) is 3.29. The second kappa shape index (κ2) is 8.81. The Bertz CT molecular complexity index is 829. The van der Waals surface area contributed by atoms with Gasteiger partial charge in [0.15, 0.2) is 11.5 Å². The average molecular weight is 370 g/mol. The molecule has 2 amide bonds. The Morgan fingerprint density at radius 2 is 2.04 bits per heavy atom. The van der Waals surface area contributed by atoms with Crippen molar-refractivity contribution < 1.29 is 14.3 Å². The smallest absolute Gasteiger partial charge is 0.287 e. The molecule has 0 spiro atoms. The van der Waals surface area contributed by atoms with Crippen LogP contribution in [0.25, 0.3) is 0 Å². The van der Waals surface area contributed by atoms with Crippen LogP contribution in [-0.4, -0.2) is 41.6 Å². The third kappa shape index (κ3) is 4.36. The van der Waals surface area contributed by atoms with E-state index in [0.717, 1.165) is 42.6 Å². The van der Waals surface area contributed by atoms with Crippen molar-refractivity contribution in [1.82, 2.24) is 14.9 Å². The third-order valence-corrected chi connectivity index (χ3v) is 4.74. The minimum absolute atomic E-state index is 0.246. The molecule has 144 valence electrons. The van der Waals surface area contributed by atoms with Crippen LogP contribution in [0.1, 0.15) is 51.6 Å². The maximum Gasteiger partial charge on any atom is 0.287 e. The Kier molecular flexibility index (Phi) is 6.24.